The van der Waals surface area contributed by atoms with E-state index in [-0.39, 0.29) is 23.0 Å². The number of carbonyl (C=O) groups is 3. The van der Waals surface area contributed by atoms with Crippen LogP contribution in [0.3, 0.4) is 0 Å². The fourth-order valence-corrected chi connectivity index (χ4v) is 3.75. The van der Waals surface area contributed by atoms with Gasteiger partial charge in [0.05, 0.1) is 31.3 Å². The molecule has 0 saturated heterocycles. The molecule has 2 rings (SSSR count). The van der Waals surface area contributed by atoms with Crippen LogP contribution in [-0.2, 0) is 9.53 Å². The van der Waals surface area contributed by atoms with Gasteiger partial charge in [0.25, 0.3) is 0 Å². The maximum atomic E-state index is 12.4. The molecule has 8 heteroatoms. The normalized spacial score (nSPS) is 10.7. The maximum absolute atomic E-state index is 12.4. The van der Waals surface area contributed by atoms with Gasteiger partial charge in [-0.15, -0.1) is 11.3 Å². The van der Waals surface area contributed by atoms with Gasteiger partial charge in [0.15, 0.2) is 5.78 Å². The summed E-state index contributed by atoms with van der Waals surface area (Å²) in [6.45, 7) is 4.95. The molecule has 1 heterocycles. The third kappa shape index (κ3) is 5.23. The molecule has 2 aromatic rings. The van der Waals surface area contributed by atoms with Gasteiger partial charge in [-0.25, -0.2) is 4.79 Å². The Morgan fingerprint density at radius 2 is 1.90 bits per heavy atom. The van der Waals surface area contributed by atoms with Crippen LogP contribution in [0.1, 0.15) is 45.0 Å². The molecule has 1 N–H and O–H groups in total. The molecule has 154 valence electrons. The van der Waals surface area contributed by atoms with E-state index in [1.54, 1.807) is 45.2 Å². The van der Waals surface area contributed by atoms with Crippen LogP contribution < -0.4 is 14.8 Å². The number of hydrogen-bond donors (Lipinski definition) is 1. The number of esters is 1. The van der Waals surface area contributed by atoms with Crippen molar-refractivity contribution in [2.75, 3.05) is 26.1 Å². The fourth-order valence-electron chi connectivity index (χ4n) is 2.66. The Morgan fingerprint density at radius 1 is 1.17 bits per heavy atom. The molecule has 0 fully saturated rings. The van der Waals surface area contributed by atoms with E-state index in [2.05, 4.69) is 5.32 Å². The summed E-state index contributed by atoms with van der Waals surface area (Å²) in [7, 11) is 3.08. The first-order chi connectivity index (χ1) is 13.8. The fraction of sp³-hybridized carbons (Fsp3) is 0.286. The molecular formula is C21H23NO6S. The van der Waals surface area contributed by atoms with E-state index in [0.717, 1.165) is 11.3 Å². The molecule has 29 heavy (non-hydrogen) atoms. The monoisotopic (exact) mass is 417 g/mol. The number of amides is 1. The number of Topliss-reactive ketones (excluding diaryl/α,β-unsaturated/α-hetero) is 1. The molecule has 0 spiro atoms. The zero-order chi connectivity index (χ0) is 21.6. The van der Waals surface area contributed by atoms with Gasteiger partial charge in [-0.3, -0.25) is 9.59 Å². The lowest BCUT2D eigenvalue weighted by Crippen LogP contribution is -2.12. The zero-order valence-electron chi connectivity index (χ0n) is 17.0. The molecular weight excluding hydrogens is 394 g/mol. The van der Waals surface area contributed by atoms with Crippen molar-refractivity contribution in [2.24, 2.45) is 0 Å². The lowest BCUT2D eigenvalue weighted by Gasteiger charge is -2.07. The van der Waals surface area contributed by atoms with E-state index in [1.807, 2.05) is 0 Å². The third-order valence-corrected chi connectivity index (χ3v) is 5.35. The number of methoxy groups -OCH3 is 2. The second kappa shape index (κ2) is 9.88. The van der Waals surface area contributed by atoms with E-state index in [0.29, 0.717) is 27.5 Å². The lowest BCUT2D eigenvalue weighted by molar-refractivity contribution is -0.111. The van der Waals surface area contributed by atoms with Crippen LogP contribution in [0.15, 0.2) is 24.3 Å². The first-order valence-corrected chi connectivity index (χ1v) is 9.66. The van der Waals surface area contributed by atoms with Crippen LogP contribution in [0.2, 0.25) is 0 Å². The smallest absolute Gasteiger partial charge is 0.341 e. The number of carbonyl (C=O) groups excluding carboxylic acids is 3. The molecule has 0 radical (unpaired) electrons. The number of benzene rings is 1. The summed E-state index contributed by atoms with van der Waals surface area (Å²) in [4.78, 5) is 37.0. The van der Waals surface area contributed by atoms with Crippen molar-refractivity contribution in [3.63, 3.8) is 0 Å². The number of anilines is 1. The molecule has 0 atom stereocenters. The second-order valence-electron chi connectivity index (χ2n) is 5.97. The second-order valence-corrected chi connectivity index (χ2v) is 6.99. The van der Waals surface area contributed by atoms with Crippen LogP contribution in [-0.4, -0.2) is 38.5 Å². The first kappa shape index (κ1) is 22.2. The van der Waals surface area contributed by atoms with E-state index in [1.165, 1.54) is 20.1 Å². The molecule has 1 aromatic carbocycles. The molecule has 1 amide bonds. The third-order valence-electron chi connectivity index (χ3n) is 4.04. The van der Waals surface area contributed by atoms with Crippen molar-refractivity contribution in [1.82, 2.24) is 0 Å². The van der Waals surface area contributed by atoms with Crippen molar-refractivity contribution in [2.45, 2.75) is 20.8 Å². The minimum Gasteiger partial charge on any atom is -0.497 e. The van der Waals surface area contributed by atoms with Gasteiger partial charge in [0, 0.05) is 17.7 Å². The number of thiophene rings is 1. The van der Waals surface area contributed by atoms with Crippen LogP contribution in [0.4, 0.5) is 5.00 Å². The van der Waals surface area contributed by atoms with Crippen molar-refractivity contribution in [3.05, 3.63) is 45.8 Å². The minimum absolute atomic E-state index is 0.183. The Hall–Kier alpha value is -3.13. The van der Waals surface area contributed by atoms with Crippen LogP contribution in [0.25, 0.3) is 6.08 Å². The van der Waals surface area contributed by atoms with E-state index < -0.39 is 11.9 Å². The van der Waals surface area contributed by atoms with Gasteiger partial charge in [-0.1, -0.05) is 0 Å². The summed E-state index contributed by atoms with van der Waals surface area (Å²) in [6.07, 6.45) is 2.91. The first-order valence-electron chi connectivity index (χ1n) is 8.84. The van der Waals surface area contributed by atoms with Crippen LogP contribution >= 0.6 is 11.3 Å². The standard InChI is InChI=1S/C21H23NO6S/c1-6-28-21(25)18-12(2)19(13(3)23)29-20(18)22-17(24)10-8-14-7-9-15(26-4)11-16(14)27-5/h7-11H,6H2,1-5H3,(H,22,24). The molecule has 0 saturated carbocycles. The summed E-state index contributed by atoms with van der Waals surface area (Å²) >= 11 is 1.05. The summed E-state index contributed by atoms with van der Waals surface area (Å²) in [5.41, 5.74) is 1.38. The molecule has 0 aliphatic carbocycles. The highest BCUT2D eigenvalue weighted by molar-refractivity contribution is 7.18. The molecule has 0 aliphatic rings. The SMILES string of the molecule is CCOC(=O)c1c(NC(=O)C=Cc2ccc(OC)cc2OC)sc(C(C)=O)c1C. The van der Waals surface area contributed by atoms with E-state index >= 15 is 0 Å². The number of ketones is 1. The van der Waals surface area contributed by atoms with Crippen molar-refractivity contribution < 1.29 is 28.6 Å². The van der Waals surface area contributed by atoms with Crippen LogP contribution in [0.5, 0.6) is 11.5 Å². The summed E-state index contributed by atoms with van der Waals surface area (Å²) in [6, 6.07) is 5.22. The van der Waals surface area contributed by atoms with Crippen molar-refractivity contribution in [3.8, 4) is 11.5 Å². The Kier molecular flexibility index (Phi) is 7.55. The Balaban J connectivity index is 2.29. The van der Waals surface area contributed by atoms with Gasteiger partial charge in [0.2, 0.25) is 5.91 Å². The Bertz CT molecular complexity index is 960. The summed E-state index contributed by atoms with van der Waals surface area (Å²) in [5.74, 6) is -0.0357. The van der Waals surface area contributed by atoms with Gasteiger partial charge >= 0.3 is 5.97 Å². The highest BCUT2D eigenvalue weighted by Crippen LogP contribution is 2.34. The Morgan fingerprint density at radius 3 is 2.48 bits per heavy atom. The van der Waals surface area contributed by atoms with Crippen molar-refractivity contribution >= 4 is 40.1 Å². The average Bonchev–Trinajstić information content (AvgIpc) is 3.02. The Labute approximate surface area is 173 Å². The largest absolute Gasteiger partial charge is 0.497 e. The molecule has 1 aromatic heterocycles. The number of hydrogen-bond acceptors (Lipinski definition) is 7. The minimum atomic E-state index is -0.579. The van der Waals surface area contributed by atoms with Gasteiger partial charge < -0.3 is 19.5 Å². The maximum Gasteiger partial charge on any atom is 0.341 e. The highest BCUT2D eigenvalue weighted by atomic mass is 32.1. The molecule has 0 aliphatic heterocycles. The number of rotatable bonds is 8. The highest BCUT2D eigenvalue weighted by Gasteiger charge is 2.24. The molecule has 7 nitrogen and oxygen atoms in total. The quantitative estimate of drug-likeness (QED) is 0.395. The number of nitrogens with one attached hydrogen (secondary N) is 1. The van der Waals surface area contributed by atoms with E-state index in [4.69, 9.17) is 14.2 Å². The predicted octanol–water partition coefficient (Wildman–Crippen LogP) is 4.10. The van der Waals surface area contributed by atoms with Crippen LogP contribution in [0, 0.1) is 6.92 Å². The summed E-state index contributed by atoms with van der Waals surface area (Å²) < 4.78 is 15.5. The van der Waals surface area contributed by atoms with Gasteiger partial charge in [-0.2, -0.15) is 0 Å². The summed E-state index contributed by atoms with van der Waals surface area (Å²) in [5, 5.41) is 2.95. The van der Waals surface area contributed by atoms with Gasteiger partial charge in [0.1, 0.15) is 16.5 Å². The molecule has 0 bridgehead atoms. The average molecular weight is 417 g/mol. The lowest BCUT2D eigenvalue weighted by atomic mass is 10.1. The van der Waals surface area contributed by atoms with Gasteiger partial charge in [-0.05, 0) is 44.5 Å². The number of ether oxygens (including phenoxy) is 3. The predicted molar refractivity (Wildman–Crippen MR) is 112 cm³/mol. The van der Waals surface area contributed by atoms with E-state index in [9.17, 15) is 14.4 Å². The zero-order valence-corrected chi connectivity index (χ0v) is 17.8. The van der Waals surface area contributed by atoms with Crippen molar-refractivity contribution in [1.29, 1.82) is 0 Å². The topological polar surface area (TPSA) is 90.9 Å². The molecule has 0 unspecified atom stereocenters.